The fourth-order valence-corrected chi connectivity index (χ4v) is 2.04. The molecule has 1 aromatic heterocycles. The molecule has 4 nitrogen and oxygen atoms in total. The molecule has 4 heteroatoms. The second kappa shape index (κ2) is 6.59. The molecule has 0 aromatic carbocycles. The Labute approximate surface area is 102 Å². The lowest BCUT2D eigenvalue weighted by Crippen LogP contribution is -2.47. The summed E-state index contributed by atoms with van der Waals surface area (Å²) < 4.78 is 5.23. The molecule has 0 spiro atoms. The summed E-state index contributed by atoms with van der Waals surface area (Å²) in [5.41, 5.74) is 0. The molecule has 0 unspecified atom stereocenters. The van der Waals surface area contributed by atoms with Gasteiger partial charge in [-0.1, -0.05) is 6.08 Å². The van der Waals surface area contributed by atoms with Crippen molar-refractivity contribution < 1.29 is 9.52 Å². The maximum atomic E-state index is 8.85. The fourth-order valence-electron chi connectivity index (χ4n) is 2.04. The van der Waals surface area contributed by atoms with Crippen LogP contribution in [0.15, 0.2) is 28.9 Å². The molecule has 17 heavy (non-hydrogen) atoms. The molecule has 0 amide bonds. The normalized spacial score (nSPS) is 19.1. The van der Waals surface area contributed by atoms with Gasteiger partial charge in [0.15, 0.2) is 0 Å². The topological polar surface area (TPSA) is 39.9 Å². The first-order chi connectivity index (χ1) is 8.38. The zero-order valence-corrected chi connectivity index (χ0v) is 10.1. The Morgan fingerprint density at radius 2 is 2.00 bits per heavy atom. The van der Waals surface area contributed by atoms with Crippen molar-refractivity contribution in [1.82, 2.24) is 9.80 Å². The molecule has 0 aliphatic carbocycles. The minimum absolute atomic E-state index is 0.262. The van der Waals surface area contributed by atoms with E-state index in [1.165, 1.54) is 0 Å². The van der Waals surface area contributed by atoms with Gasteiger partial charge in [-0.2, -0.15) is 0 Å². The summed E-state index contributed by atoms with van der Waals surface area (Å²) in [5, 5.41) is 8.85. The first-order valence-corrected chi connectivity index (χ1v) is 6.14. The van der Waals surface area contributed by atoms with Gasteiger partial charge in [-0.15, -0.1) is 0 Å². The fraction of sp³-hybridized carbons (Fsp3) is 0.538. The molecule has 1 aliphatic rings. The summed E-state index contributed by atoms with van der Waals surface area (Å²) in [4.78, 5) is 4.71. The molecule has 0 atom stereocenters. The SMILES string of the molecule is OCCN1CCN(C/C=C/c2ccco2)CC1. The molecule has 2 rings (SSSR count). The van der Waals surface area contributed by atoms with Gasteiger partial charge in [0.05, 0.1) is 12.9 Å². The Morgan fingerprint density at radius 3 is 2.65 bits per heavy atom. The summed E-state index contributed by atoms with van der Waals surface area (Å²) in [6.07, 6.45) is 5.84. The molecule has 1 saturated heterocycles. The lowest BCUT2D eigenvalue weighted by molar-refractivity contribution is 0.120. The van der Waals surface area contributed by atoms with Gasteiger partial charge in [-0.3, -0.25) is 9.80 Å². The lowest BCUT2D eigenvalue weighted by Gasteiger charge is -2.33. The van der Waals surface area contributed by atoms with E-state index >= 15 is 0 Å². The Morgan fingerprint density at radius 1 is 1.24 bits per heavy atom. The van der Waals surface area contributed by atoms with Crippen molar-refractivity contribution in [2.45, 2.75) is 0 Å². The minimum atomic E-state index is 0.262. The maximum Gasteiger partial charge on any atom is 0.126 e. The van der Waals surface area contributed by atoms with E-state index in [0.29, 0.717) is 0 Å². The first kappa shape index (κ1) is 12.4. The lowest BCUT2D eigenvalue weighted by atomic mass is 10.3. The van der Waals surface area contributed by atoms with Gasteiger partial charge in [-0.25, -0.2) is 0 Å². The van der Waals surface area contributed by atoms with E-state index in [1.807, 2.05) is 18.2 Å². The molecular formula is C13H20N2O2. The van der Waals surface area contributed by atoms with Crippen molar-refractivity contribution in [3.05, 3.63) is 30.2 Å². The van der Waals surface area contributed by atoms with E-state index in [0.717, 1.165) is 45.0 Å². The summed E-state index contributed by atoms with van der Waals surface area (Å²) in [6, 6.07) is 3.85. The number of rotatable bonds is 5. The summed E-state index contributed by atoms with van der Waals surface area (Å²) in [6.45, 7) is 6.28. The van der Waals surface area contributed by atoms with Crippen molar-refractivity contribution in [2.75, 3.05) is 45.9 Å². The van der Waals surface area contributed by atoms with Gasteiger partial charge in [0, 0.05) is 39.3 Å². The molecule has 0 bridgehead atoms. The molecule has 94 valence electrons. The number of piperazine rings is 1. The summed E-state index contributed by atoms with van der Waals surface area (Å²) >= 11 is 0. The highest BCUT2D eigenvalue weighted by atomic mass is 16.3. The maximum absolute atomic E-state index is 8.85. The van der Waals surface area contributed by atoms with Gasteiger partial charge >= 0.3 is 0 Å². The Balaban J connectivity index is 1.68. The largest absolute Gasteiger partial charge is 0.465 e. The van der Waals surface area contributed by atoms with Crippen LogP contribution in [0.1, 0.15) is 5.76 Å². The van der Waals surface area contributed by atoms with Crippen molar-refractivity contribution in [3.8, 4) is 0 Å². The highest BCUT2D eigenvalue weighted by molar-refractivity contribution is 5.42. The monoisotopic (exact) mass is 236 g/mol. The van der Waals surface area contributed by atoms with Crippen LogP contribution in [-0.4, -0.2) is 60.8 Å². The van der Waals surface area contributed by atoms with Crippen molar-refractivity contribution >= 4 is 6.08 Å². The molecule has 0 saturated carbocycles. The predicted molar refractivity (Wildman–Crippen MR) is 67.7 cm³/mol. The third kappa shape index (κ3) is 4.00. The van der Waals surface area contributed by atoms with E-state index in [4.69, 9.17) is 9.52 Å². The van der Waals surface area contributed by atoms with E-state index in [1.54, 1.807) is 6.26 Å². The second-order valence-corrected chi connectivity index (χ2v) is 4.28. The van der Waals surface area contributed by atoms with Gasteiger partial charge < -0.3 is 9.52 Å². The average Bonchev–Trinajstić information content (AvgIpc) is 2.85. The van der Waals surface area contributed by atoms with Crippen LogP contribution in [0.4, 0.5) is 0 Å². The van der Waals surface area contributed by atoms with E-state index in [9.17, 15) is 0 Å². The summed E-state index contributed by atoms with van der Waals surface area (Å²) in [7, 11) is 0. The predicted octanol–water partition coefficient (Wildman–Crippen LogP) is 0.903. The van der Waals surface area contributed by atoms with Crippen LogP contribution in [0, 0.1) is 0 Å². The minimum Gasteiger partial charge on any atom is -0.465 e. The number of furan rings is 1. The Kier molecular flexibility index (Phi) is 4.79. The number of hydrogen-bond acceptors (Lipinski definition) is 4. The average molecular weight is 236 g/mol. The van der Waals surface area contributed by atoms with Crippen LogP contribution in [-0.2, 0) is 0 Å². The number of aliphatic hydroxyl groups is 1. The van der Waals surface area contributed by atoms with Gasteiger partial charge in [0.25, 0.3) is 0 Å². The van der Waals surface area contributed by atoms with Crippen LogP contribution in [0.3, 0.4) is 0 Å². The Bertz CT molecular complexity index is 327. The van der Waals surface area contributed by atoms with Crippen LogP contribution in [0.2, 0.25) is 0 Å². The first-order valence-electron chi connectivity index (χ1n) is 6.14. The van der Waals surface area contributed by atoms with Crippen molar-refractivity contribution in [3.63, 3.8) is 0 Å². The second-order valence-electron chi connectivity index (χ2n) is 4.28. The van der Waals surface area contributed by atoms with Crippen LogP contribution in [0.25, 0.3) is 6.08 Å². The molecule has 0 radical (unpaired) electrons. The third-order valence-corrected chi connectivity index (χ3v) is 3.07. The van der Waals surface area contributed by atoms with Crippen molar-refractivity contribution in [1.29, 1.82) is 0 Å². The molecule has 1 fully saturated rings. The standard InChI is InChI=1S/C13H20N2O2/c16-11-10-15-8-6-14(7-9-15)5-1-3-13-4-2-12-17-13/h1-4,12,16H,5-11H2/b3-1+. The molecule has 1 aliphatic heterocycles. The Hall–Kier alpha value is -1.10. The molecule has 1 N–H and O–H groups in total. The molecule has 1 aromatic rings. The van der Waals surface area contributed by atoms with Crippen LogP contribution >= 0.6 is 0 Å². The zero-order valence-electron chi connectivity index (χ0n) is 10.1. The quantitative estimate of drug-likeness (QED) is 0.824. The van der Waals surface area contributed by atoms with E-state index in [-0.39, 0.29) is 6.61 Å². The zero-order chi connectivity index (χ0) is 11.9. The van der Waals surface area contributed by atoms with Crippen LogP contribution < -0.4 is 0 Å². The number of nitrogens with zero attached hydrogens (tertiary/aromatic N) is 2. The van der Waals surface area contributed by atoms with Crippen LogP contribution in [0.5, 0.6) is 0 Å². The molecular weight excluding hydrogens is 216 g/mol. The smallest absolute Gasteiger partial charge is 0.126 e. The van der Waals surface area contributed by atoms with Gasteiger partial charge in [0.1, 0.15) is 5.76 Å². The summed E-state index contributed by atoms with van der Waals surface area (Å²) in [5.74, 6) is 0.906. The highest BCUT2D eigenvalue weighted by Gasteiger charge is 2.14. The third-order valence-electron chi connectivity index (χ3n) is 3.07. The van der Waals surface area contributed by atoms with E-state index < -0.39 is 0 Å². The van der Waals surface area contributed by atoms with Gasteiger partial charge in [-0.05, 0) is 18.2 Å². The van der Waals surface area contributed by atoms with Crippen molar-refractivity contribution in [2.24, 2.45) is 0 Å². The highest BCUT2D eigenvalue weighted by Crippen LogP contribution is 2.04. The number of hydrogen-bond donors (Lipinski definition) is 1. The van der Waals surface area contributed by atoms with E-state index in [2.05, 4.69) is 15.9 Å². The molecule has 2 heterocycles. The number of aliphatic hydroxyl groups excluding tert-OH is 1. The number of β-amino-alcohol motifs (C(OH)–C–C–N with tert-alkyl or cyclic N) is 1. The van der Waals surface area contributed by atoms with Gasteiger partial charge in [0.2, 0.25) is 0 Å².